The zero-order chi connectivity index (χ0) is 11.7. The number of fused-ring (bicyclic) bond motifs is 1. The summed E-state index contributed by atoms with van der Waals surface area (Å²) < 4.78 is 5.78. The van der Waals surface area contributed by atoms with Crippen molar-refractivity contribution in [3.05, 3.63) is 35.5 Å². The van der Waals surface area contributed by atoms with Crippen molar-refractivity contribution in [3.63, 3.8) is 0 Å². The lowest BCUT2D eigenvalue weighted by molar-refractivity contribution is 0.0293. The van der Waals surface area contributed by atoms with Gasteiger partial charge in [-0.2, -0.15) is 0 Å². The number of hydrogen-bond acceptors (Lipinski definition) is 2. The molecule has 1 unspecified atom stereocenters. The van der Waals surface area contributed by atoms with E-state index >= 15 is 0 Å². The Hall–Kier alpha value is -1.32. The highest BCUT2D eigenvalue weighted by Crippen LogP contribution is 2.23. The van der Waals surface area contributed by atoms with Crippen LogP contribution in [0.4, 0.5) is 0 Å². The first kappa shape index (κ1) is 10.8. The average Bonchev–Trinajstić information content (AvgIpc) is 2.68. The van der Waals surface area contributed by atoms with Crippen LogP contribution >= 0.6 is 0 Å². The molecule has 0 bridgehead atoms. The number of aryl methyl sites for hydroxylation is 1. The average molecular weight is 230 g/mol. The van der Waals surface area contributed by atoms with Gasteiger partial charge in [-0.3, -0.25) is 0 Å². The van der Waals surface area contributed by atoms with Crippen LogP contribution in [-0.2, 0) is 11.2 Å². The topological polar surface area (TPSA) is 37.0 Å². The van der Waals surface area contributed by atoms with Crippen molar-refractivity contribution in [3.8, 4) is 0 Å². The van der Waals surface area contributed by atoms with Crippen molar-refractivity contribution in [2.45, 2.75) is 19.4 Å². The van der Waals surface area contributed by atoms with Crippen LogP contribution in [0.25, 0.3) is 10.9 Å². The minimum absolute atomic E-state index is 0.307. The summed E-state index contributed by atoms with van der Waals surface area (Å²) in [7, 11) is 0. The zero-order valence-electron chi connectivity index (χ0n) is 10.1. The Kier molecular flexibility index (Phi) is 2.87. The lowest BCUT2D eigenvalue weighted by Gasteiger charge is -2.23. The second-order valence-electron chi connectivity index (χ2n) is 4.68. The molecule has 17 heavy (non-hydrogen) atoms. The van der Waals surface area contributed by atoms with E-state index in [-0.39, 0.29) is 0 Å². The normalized spacial score (nSPS) is 20.9. The molecule has 1 fully saturated rings. The molecule has 2 heterocycles. The van der Waals surface area contributed by atoms with Gasteiger partial charge in [0.05, 0.1) is 12.7 Å². The minimum Gasteiger partial charge on any atom is -0.375 e. The fourth-order valence-corrected chi connectivity index (χ4v) is 2.58. The third kappa shape index (κ3) is 2.08. The van der Waals surface area contributed by atoms with E-state index in [4.69, 9.17) is 4.74 Å². The Bertz CT molecular complexity index is 512. The van der Waals surface area contributed by atoms with Crippen LogP contribution in [-0.4, -0.2) is 30.8 Å². The zero-order valence-corrected chi connectivity index (χ0v) is 10.1. The summed E-state index contributed by atoms with van der Waals surface area (Å²) in [6.45, 7) is 4.90. The summed E-state index contributed by atoms with van der Waals surface area (Å²) in [6.07, 6.45) is 1.30. The van der Waals surface area contributed by atoms with Crippen molar-refractivity contribution < 1.29 is 4.74 Å². The maximum absolute atomic E-state index is 5.78. The van der Waals surface area contributed by atoms with Crippen LogP contribution in [0.15, 0.2) is 24.3 Å². The molecule has 0 aliphatic carbocycles. The molecule has 1 atom stereocenters. The van der Waals surface area contributed by atoms with Gasteiger partial charge in [-0.1, -0.05) is 18.2 Å². The first-order chi connectivity index (χ1) is 8.34. The van der Waals surface area contributed by atoms with Crippen LogP contribution in [0.2, 0.25) is 0 Å². The van der Waals surface area contributed by atoms with Crippen LogP contribution in [0, 0.1) is 6.92 Å². The molecule has 1 aromatic carbocycles. The Morgan fingerprint density at radius 1 is 1.35 bits per heavy atom. The fraction of sp³-hybridized carbons (Fsp3) is 0.429. The first-order valence-electron chi connectivity index (χ1n) is 6.23. The molecule has 1 aromatic heterocycles. The Morgan fingerprint density at radius 2 is 2.24 bits per heavy atom. The minimum atomic E-state index is 0.307. The van der Waals surface area contributed by atoms with E-state index in [0.29, 0.717) is 6.10 Å². The highest BCUT2D eigenvalue weighted by atomic mass is 16.5. The Labute approximate surface area is 101 Å². The molecular weight excluding hydrogens is 212 g/mol. The van der Waals surface area contributed by atoms with E-state index < -0.39 is 0 Å². The van der Waals surface area contributed by atoms with Crippen molar-refractivity contribution in [2.75, 3.05) is 19.7 Å². The first-order valence-corrected chi connectivity index (χ1v) is 6.23. The maximum atomic E-state index is 5.78. The second-order valence-corrected chi connectivity index (χ2v) is 4.68. The predicted molar refractivity (Wildman–Crippen MR) is 69.3 cm³/mol. The van der Waals surface area contributed by atoms with Crippen molar-refractivity contribution in [1.29, 1.82) is 0 Å². The molecule has 3 nitrogen and oxygen atoms in total. The van der Waals surface area contributed by atoms with Gasteiger partial charge in [0.2, 0.25) is 0 Å². The number of aromatic amines is 1. The van der Waals surface area contributed by atoms with Gasteiger partial charge < -0.3 is 15.0 Å². The third-order valence-corrected chi connectivity index (χ3v) is 3.46. The van der Waals surface area contributed by atoms with Crippen molar-refractivity contribution in [1.82, 2.24) is 10.3 Å². The van der Waals surface area contributed by atoms with E-state index in [1.54, 1.807) is 0 Å². The van der Waals surface area contributed by atoms with E-state index in [2.05, 4.69) is 41.5 Å². The summed E-state index contributed by atoms with van der Waals surface area (Å²) in [5.74, 6) is 0. The van der Waals surface area contributed by atoms with E-state index in [1.807, 2.05) is 0 Å². The molecule has 2 aromatic rings. The molecule has 2 N–H and O–H groups in total. The van der Waals surface area contributed by atoms with Gasteiger partial charge in [0.1, 0.15) is 0 Å². The number of H-pyrrole nitrogens is 1. The standard InChI is InChI=1S/C14H18N2O/c1-10-13(8-11-9-15-6-7-17-11)12-4-2-3-5-14(12)16-10/h2-5,11,15-16H,6-9H2,1H3. The van der Waals surface area contributed by atoms with Crippen molar-refractivity contribution in [2.24, 2.45) is 0 Å². The molecule has 0 radical (unpaired) electrons. The summed E-state index contributed by atoms with van der Waals surface area (Å²) in [5, 5.41) is 4.71. The van der Waals surface area contributed by atoms with E-state index in [9.17, 15) is 0 Å². The van der Waals surface area contributed by atoms with Crippen molar-refractivity contribution >= 4 is 10.9 Å². The van der Waals surface area contributed by atoms with E-state index in [1.165, 1.54) is 22.2 Å². The SMILES string of the molecule is Cc1[nH]c2ccccc2c1CC1CNCCO1. The van der Waals surface area contributed by atoms with Gasteiger partial charge >= 0.3 is 0 Å². The molecule has 90 valence electrons. The van der Waals surface area contributed by atoms with Crippen LogP contribution < -0.4 is 5.32 Å². The highest BCUT2D eigenvalue weighted by molar-refractivity contribution is 5.84. The molecule has 0 amide bonds. The van der Waals surface area contributed by atoms with Gasteiger partial charge in [0.15, 0.2) is 0 Å². The van der Waals surface area contributed by atoms with Crippen LogP contribution in [0.3, 0.4) is 0 Å². The number of aromatic nitrogens is 1. The van der Waals surface area contributed by atoms with Gasteiger partial charge in [-0.15, -0.1) is 0 Å². The summed E-state index contributed by atoms with van der Waals surface area (Å²) in [5.41, 5.74) is 3.89. The fourth-order valence-electron chi connectivity index (χ4n) is 2.58. The quantitative estimate of drug-likeness (QED) is 0.828. The molecule has 0 saturated carbocycles. The summed E-state index contributed by atoms with van der Waals surface area (Å²) in [6, 6.07) is 8.48. The molecule has 0 spiro atoms. The van der Waals surface area contributed by atoms with Gasteiger partial charge in [0.25, 0.3) is 0 Å². The van der Waals surface area contributed by atoms with Gasteiger partial charge in [-0.05, 0) is 18.6 Å². The molecular formula is C14H18N2O. The molecule has 1 saturated heterocycles. The van der Waals surface area contributed by atoms with Crippen LogP contribution in [0.5, 0.6) is 0 Å². The summed E-state index contributed by atoms with van der Waals surface area (Å²) >= 11 is 0. The number of rotatable bonds is 2. The lowest BCUT2D eigenvalue weighted by atomic mass is 10.0. The molecule has 1 aliphatic heterocycles. The lowest BCUT2D eigenvalue weighted by Crippen LogP contribution is -2.39. The number of benzene rings is 1. The second kappa shape index (κ2) is 4.51. The number of hydrogen-bond donors (Lipinski definition) is 2. The number of ether oxygens (including phenoxy) is 1. The number of nitrogens with one attached hydrogen (secondary N) is 2. The smallest absolute Gasteiger partial charge is 0.0741 e. The van der Waals surface area contributed by atoms with Gasteiger partial charge in [-0.25, -0.2) is 0 Å². The van der Waals surface area contributed by atoms with Gasteiger partial charge in [0, 0.05) is 36.1 Å². The predicted octanol–water partition coefficient (Wildman–Crippen LogP) is 2.01. The Morgan fingerprint density at radius 3 is 3.06 bits per heavy atom. The molecule has 3 heteroatoms. The molecule has 3 rings (SSSR count). The Balaban J connectivity index is 1.90. The van der Waals surface area contributed by atoms with E-state index in [0.717, 1.165) is 26.1 Å². The highest BCUT2D eigenvalue weighted by Gasteiger charge is 2.17. The maximum Gasteiger partial charge on any atom is 0.0741 e. The molecule has 1 aliphatic rings. The number of para-hydroxylation sites is 1. The monoisotopic (exact) mass is 230 g/mol. The third-order valence-electron chi connectivity index (χ3n) is 3.46. The number of morpholine rings is 1. The van der Waals surface area contributed by atoms with Crippen LogP contribution in [0.1, 0.15) is 11.3 Å². The largest absolute Gasteiger partial charge is 0.375 e. The summed E-state index contributed by atoms with van der Waals surface area (Å²) in [4.78, 5) is 3.44.